The van der Waals surface area contributed by atoms with Crippen LogP contribution in [0, 0.1) is 0 Å². The molecule has 196 valence electrons. The SMILES string of the molecule is CCCN(CC(=O)N1CCc2sccc2[C@H]1c1ccc(OC)cc1)S(=O)(=O)c1ccc(NC(C)=O)cc1. The highest BCUT2D eigenvalue weighted by Gasteiger charge is 2.35. The molecule has 2 heterocycles. The van der Waals surface area contributed by atoms with Gasteiger partial charge in [-0.2, -0.15) is 4.31 Å². The minimum Gasteiger partial charge on any atom is -0.497 e. The molecule has 0 saturated heterocycles. The van der Waals surface area contributed by atoms with Gasteiger partial charge in [0.2, 0.25) is 21.8 Å². The Balaban J connectivity index is 1.61. The Kier molecular flexibility index (Phi) is 8.31. The van der Waals surface area contributed by atoms with Gasteiger partial charge in [0.05, 0.1) is 24.6 Å². The molecule has 0 radical (unpaired) electrons. The van der Waals surface area contributed by atoms with Gasteiger partial charge in [0.15, 0.2) is 0 Å². The van der Waals surface area contributed by atoms with Crippen LogP contribution in [-0.4, -0.2) is 56.2 Å². The van der Waals surface area contributed by atoms with Crippen LogP contribution in [0.25, 0.3) is 0 Å². The van der Waals surface area contributed by atoms with Gasteiger partial charge in [0.25, 0.3) is 0 Å². The molecule has 0 aliphatic carbocycles. The molecule has 0 bridgehead atoms. The highest BCUT2D eigenvalue weighted by atomic mass is 32.2. The van der Waals surface area contributed by atoms with Crippen LogP contribution < -0.4 is 10.1 Å². The predicted molar refractivity (Wildman–Crippen MR) is 144 cm³/mol. The zero-order valence-electron chi connectivity index (χ0n) is 21.1. The van der Waals surface area contributed by atoms with E-state index in [0.29, 0.717) is 18.7 Å². The van der Waals surface area contributed by atoms with E-state index < -0.39 is 10.0 Å². The lowest BCUT2D eigenvalue weighted by atomic mass is 9.93. The van der Waals surface area contributed by atoms with E-state index in [1.807, 2.05) is 42.6 Å². The number of ether oxygens (including phenoxy) is 1. The van der Waals surface area contributed by atoms with E-state index in [-0.39, 0.29) is 35.8 Å². The lowest BCUT2D eigenvalue weighted by molar-refractivity contribution is -0.133. The summed E-state index contributed by atoms with van der Waals surface area (Å²) in [6.45, 7) is 3.74. The van der Waals surface area contributed by atoms with Crippen molar-refractivity contribution in [2.45, 2.75) is 37.6 Å². The number of nitrogens with one attached hydrogen (secondary N) is 1. The number of thiophene rings is 1. The summed E-state index contributed by atoms with van der Waals surface area (Å²) in [5.41, 5.74) is 2.53. The Morgan fingerprint density at radius 3 is 2.43 bits per heavy atom. The molecule has 10 heteroatoms. The van der Waals surface area contributed by atoms with E-state index in [0.717, 1.165) is 23.3 Å². The number of sulfonamides is 1. The van der Waals surface area contributed by atoms with Crippen molar-refractivity contribution in [2.75, 3.05) is 32.1 Å². The van der Waals surface area contributed by atoms with Crippen molar-refractivity contribution < 1.29 is 22.7 Å². The first-order valence-corrected chi connectivity index (χ1v) is 14.4. The summed E-state index contributed by atoms with van der Waals surface area (Å²) < 4.78 is 33.6. The van der Waals surface area contributed by atoms with Crippen LogP contribution in [0.1, 0.15) is 42.3 Å². The lowest BCUT2D eigenvalue weighted by Crippen LogP contribution is -2.46. The maximum atomic E-state index is 13.7. The number of nitrogens with zero attached hydrogens (tertiary/aromatic N) is 2. The van der Waals surface area contributed by atoms with E-state index >= 15 is 0 Å². The monoisotopic (exact) mass is 541 g/mol. The number of hydrogen-bond donors (Lipinski definition) is 1. The van der Waals surface area contributed by atoms with Gasteiger partial charge in [-0.25, -0.2) is 8.42 Å². The second-order valence-electron chi connectivity index (χ2n) is 8.86. The zero-order chi connectivity index (χ0) is 26.6. The predicted octanol–water partition coefficient (Wildman–Crippen LogP) is 4.29. The molecule has 8 nitrogen and oxygen atoms in total. The van der Waals surface area contributed by atoms with E-state index in [1.165, 1.54) is 28.2 Å². The van der Waals surface area contributed by atoms with Crippen molar-refractivity contribution in [1.29, 1.82) is 0 Å². The zero-order valence-corrected chi connectivity index (χ0v) is 22.8. The Morgan fingerprint density at radius 2 is 1.81 bits per heavy atom. The molecule has 4 rings (SSSR count). The Hall–Kier alpha value is -3.21. The molecule has 37 heavy (non-hydrogen) atoms. The topological polar surface area (TPSA) is 96.0 Å². The number of anilines is 1. The molecule has 1 aromatic heterocycles. The average molecular weight is 542 g/mol. The smallest absolute Gasteiger partial charge is 0.243 e. The molecule has 2 aromatic carbocycles. The first-order chi connectivity index (χ1) is 17.7. The second kappa shape index (κ2) is 11.5. The normalized spacial score (nSPS) is 15.4. The number of methoxy groups -OCH3 is 1. The fourth-order valence-corrected chi connectivity index (χ4v) is 6.95. The van der Waals surface area contributed by atoms with E-state index in [1.54, 1.807) is 35.5 Å². The molecule has 1 aliphatic heterocycles. The van der Waals surface area contributed by atoms with Gasteiger partial charge in [-0.05, 0) is 71.8 Å². The molecular formula is C27H31N3O5S2. The van der Waals surface area contributed by atoms with E-state index in [9.17, 15) is 18.0 Å². The maximum absolute atomic E-state index is 13.7. The standard InChI is InChI=1S/C27H31N3O5S2/c1-4-15-29(37(33,34)23-11-7-21(8-12-23)28-19(2)31)18-26(32)30-16-13-25-24(14-17-36-25)27(30)20-5-9-22(35-3)10-6-20/h5-12,14,17,27H,4,13,15-16,18H2,1-3H3,(H,28,31)/t27-/m1/s1. The summed E-state index contributed by atoms with van der Waals surface area (Å²) in [4.78, 5) is 28.1. The average Bonchev–Trinajstić information content (AvgIpc) is 3.37. The molecule has 1 atom stereocenters. The van der Waals surface area contributed by atoms with Crippen LogP contribution in [0.2, 0.25) is 0 Å². The van der Waals surface area contributed by atoms with Crippen molar-refractivity contribution in [2.24, 2.45) is 0 Å². The number of amides is 2. The molecular weight excluding hydrogens is 510 g/mol. The van der Waals surface area contributed by atoms with Crippen LogP contribution in [0.15, 0.2) is 64.9 Å². The highest BCUT2D eigenvalue weighted by molar-refractivity contribution is 7.89. The minimum absolute atomic E-state index is 0.0771. The number of carbonyl (C=O) groups is 2. The quantitative estimate of drug-likeness (QED) is 0.436. The van der Waals surface area contributed by atoms with Crippen molar-refractivity contribution >= 4 is 38.9 Å². The Labute approximate surface area is 221 Å². The molecule has 0 saturated carbocycles. The number of hydrogen-bond acceptors (Lipinski definition) is 6. The third-order valence-electron chi connectivity index (χ3n) is 6.31. The third-order valence-corrected chi connectivity index (χ3v) is 9.17. The van der Waals surface area contributed by atoms with Crippen molar-refractivity contribution in [3.05, 3.63) is 76.0 Å². The molecule has 0 unspecified atom stereocenters. The summed E-state index contributed by atoms with van der Waals surface area (Å²) in [5.74, 6) is 0.243. The van der Waals surface area contributed by atoms with Gasteiger partial charge in [-0.1, -0.05) is 19.1 Å². The van der Waals surface area contributed by atoms with Crippen LogP contribution >= 0.6 is 11.3 Å². The molecule has 2 amide bonds. The summed E-state index contributed by atoms with van der Waals surface area (Å²) in [6.07, 6.45) is 1.30. The van der Waals surface area contributed by atoms with E-state index in [2.05, 4.69) is 5.32 Å². The largest absolute Gasteiger partial charge is 0.497 e. The molecule has 0 fully saturated rings. The van der Waals surface area contributed by atoms with Crippen LogP contribution in [0.5, 0.6) is 5.75 Å². The van der Waals surface area contributed by atoms with Gasteiger partial charge in [-0.15, -0.1) is 11.3 Å². The summed E-state index contributed by atoms with van der Waals surface area (Å²) in [7, 11) is -2.31. The Bertz CT molecular complexity index is 1350. The van der Waals surface area contributed by atoms with Crippen LogP contribution in [0.3, 0.4) is 0 Å². The first-order valence-electron chi connectivity index (χ1n) is 12.1. The van der Waals surface area contributed by atoms with Crippen molar-refractivity contribution in [1.82, 2.24) is 9.21 Å². The first kappa shape index (κ1) is 26.8. The molecule has 3 aromatic rings. The minimum atomic E-state index is -3.92. The van der Waals surface area contributed by atoms with Crippen molar-refractivity contribution in [3.63, 3.8) is 0 Å². The van der Waals surface area contributed by atoms with Gasteiger partial charge in [0, 0.05) is 30.6 Å². The summed E-state index contributed by atoms with van der Waals surface area (Å²) >= 11 is 1.68. The molecule has 1 N–H and O–H groups in total. The van der Waals surface area contributed by atoms with Gasteiger partial charge in [0.1, 0.15) is 5.75 Å². The molecule has 1 aliphatic rings. The fourth-order valence-electron chi connectivity index (χ4n) is 4.57. The van der Waals surface area contributed by atoms with Gasteiger partial charge < -0.3 is 15.0 Å². The number of benzene rings is 2. The second-order valence-corrected chi connectivity index (χ2v) is 11.8. The number of carbonyl (C=O) groups excluding carboxylic acids is 2. The van der Waals surface area contributed by atoms with Crippen LogP contribution in [-0.2, 0) is 26.0 Å². The summed E-state index contributed by atoms with van der Waals surface area (Å²) in [5, 5.41) is 4.67. The van der Waals surface area contributed by atoms with Crippen molar-refractivity contribution in [3.8, 4) is 5.75 Å². The number of fused-ring (bicyclic) bond motifs is 1. The summed E-state index contributed by atoms with van der Waals surface area (Å²) in [6, 6.07) is 15.4. The van der Waals surface area contributed by atoms with Crippen LogP contribution in [0.4, 0.5) is 5.69 Å². The molecule has 0 spiro atoms. The lowest BCUT2D eigenvalue weighted by Gasteiger charge is -2.37. The van der Waals surface area contributed by atoms with Gasteiger partial charge >= 0.3 is 0 Å². The van der Waals surface area contributed by atoms with Gasteiger partial charge in [-0.3, -0.25) is 9.59 Å². The number of rotatable bonds is 9. The maximum Gasteiger partial charge on any atom is 0.243 e. The van der Waals surface area contributed by atoms with E-state index in [4.69, 9.17) is 4.74 Å². The highest BCUT2D eigenvalue weighted by Crippen LogP contribution is 2.38. The Morgan fingerprint density at radius 1 is 1.11 bits per heavy atom. The fraction of sp³-hybridized carbons (Fsp3) is 0.333. The third kappa shape index (κ3) is 5.87.